The molecule has 3 aromatic rings. The van der Waals surface area contributed by atoms with Gasteiger partial charge in [0.25, 0.3) is 0 Å². The van der Waals surface area contributed by atoms with E-state index in [9.17, 15) is 10.1 Å². The van der Waals surface area contributed by atoms with Gasteiger partial charge in [0.1, 0.15) is 11.1 Å². The molecule has 2 aliphatic rings. The summed E-state index contributed by atoms with van der Waals surface area (Å²) in [5.41, 5.74) is 3.17. The molecule has 1 aliphatic carbocycles. The van der Waals surface area contributed by atoms with Crippen LogP contribution in [0.5, 0.6) is 0 Å². The monoisotopic (exact) mass is 425 g/mol. The first-order valence-corrected chi connectivity index (χ1v) is 12.0. The summed E-state index contributed by atoms with van der Waals surface area (Å²) >= 11 is 5.14. The van der Waals surface area contributed by atoms with Gasteiger partial charge in [-0.05, 0) is 59.7 Å². The van der Waals surface area contributed by atoms with Gasteiger partial charge in [0.2, 0.25) is 5.91 Å². The van der Waals surface area contributed by atoms with Crippen molar-refractivity contribution in [3.05, 3.63) is 60.3 Å². The zero-order chi connectivity index (χ0) is 19.1. The Labute approximate surface area is 176 Å². The Morgan fingerprint density at radius 3 is 2.96 bits per heavy atom. The first-order chi connectivity index (χ1) is 13.7. The van der Waals surface area contributed by atoms with Gasteiger partial charge in [-0.3, -0.25) is 9.69 Å². The van der Waals surface area contributed by atoms with Gasteiger partial charge in [-0.1, -0.05) is 6.07 Å². The van der Waals surface area contributed by atoms with Crippen LogP contribution in [0.2, 0.25) is 0 Å². The molecule has 0 saturated carbocycles. The van der Waals surface area contributed by atoms with Crippen LogP contribution < -0.4 is 5.32 Å². The SMILES string of the molecule is N#Cc1c(NC(=O)CN2CCc3sccc3C2c2cccs2)sc2c1CCC2. The fraction of sp³-hybridized carbons (Fsp3) is 0.333. The van der Waals surface area contributed by atoms with Gasteiger partial charge in [0.05, 0.1) is 18.2 Å². The molecule has 142 valence electrons. The van der Waals surface area contributed by atoms with E-state index in [1.54, 1.807) is 22.7 Å². The highest BCUT2D eigenvalue weighted by atomic mass is 32.1. The quantitative estimate of drug-likeness (QED) is 0.652. The number of amides is 1. The molecule has 0 bridgehead atoms. The largest absolute Gasteiger partial charge is 0.315 e. The molecular weight excluding hydrogens is 406 g/mol. The first-order valence-electron chi connectivity index (χ1n) is 9.43. The Balaban J connectivity index is 1.37. The van der Waals surface area contributed by atoms with Crippen molar-refractivity contribution in [1.82, 2.24) is 4.90 Å². The molecule has 1 N–H and O–H groups in total. The molecule has 4 nitrogen and oxygen atoms in total. The second-order valence-electron chi connectivity index (χ2n) is 7.16. The molecule has 0 fully saturated rings. The van der Waals surface area contributed by atoms with Gasteiger partial charge in [0.15, 0.2) is 0 Å². The Morgan fingerprint density at radius 2 is 2.14 bits per heavy atom. The van der Waals surface area contributed by atoms with Gasteiger partial charge in [-0.15, -0.1) is 34.0 Å². The summed E-state index contributed by atoms with van der Waals surface area (Å²) in [4.78, 5) is 19.1. The lowest BCUT2D eigenvalue weighted by Crippen LogP contribution is -2.40. The van der Waals surface area contributed by atoms with Crippen molar-refractivity contribution in [3.63, 3.8) is 0 Å². The van der Waals surface area contributed by atoms with Crippen molar-refractivity contribution in [2.75, 3.05) is 18.4 Å². The maximum absolute atomic E-state index is 12.9. The summed E-state index contributed by atoms with van der Waals surface area (Å²) in [5, 5.41) is 17.6. The lowest BCUT2D eigenvalue weighted by atomic mass is 9.98. The third-order valence-corrected chi connectivity index (χ3v) is 8.64. The number of hydrogen-bond donors (Lipinski definition) is 1. The molecule has 28 heavy (non-hydrogen) atoms. The van der Waals surface area contributed by atoms with Crippen LogP contribution in [0.1, 0.15) is 43.8 Å². The predicted octanol–water partition coefficient (Wildman–Crippen LogP) is 4.82. The molecular formula is C21H19N3OS3. The first kappa shape index (κ1) is 18.1. The standard InChI is InChI=1S/C21H19N3OS3/c22-11-15-13-3-1-4-17(13)28-21(15)23-19(25)12-24-8-6-16-14(7-10-27-16)20(24)18-5-2-9-26-18/h2,5,7,9-10,20H,1,3-4,6,8,12H2,(H,23,25). The Hall–Kier alpha value is -1.98. The second kappa shape index (κ2) is 7.45. The minimum absolute atomic E-state index is 0.0309. The number of thiophene rings is 3. The van der Waals surface area contributed by atoms with Crippen molar-refractivity contribution in [1.29, 1.82) is 5.26 Å². The van der Waals surface area contributed by atoms with Crippen molar-refractivity contribution in [2.45, 2.75) is 31.7 Å². The Morgan fingerprint density at radius 1 is 1.21 bits per heavy atom. The van der Waals surface area contributed by atoms with Crippen molar-refractivity contribution in [3.8, 4) is 6.07 Å². The van der Waals surface area contributed by atoms with E-state index >= 15 is 0 Å². The summed E-state index contributed by atoms with van der Waals surface area (Å²) in [6, 6.07) is 8.89. The zero-order valence-electron chi connectivity index (χ0n) is 15.2. The minimum Gasteiger partial charge on any atom is -0.315 e. The fourth-order valence-electron chi connectivity index (χ4n) is 4.28. The third kappa shape index (κ3) is 3.11. The Bertz CT molecular complexity index is 1060. The Kier molecular flexibility index (Phi) is 4.81. The van der Waals surface area contributed by atoms with Crippen LogP contribution in [0, 0.1) is 11.3 Å². The van der Waals surface area contributed by atoms with Crippen LogP contribution >= 0.6 is 34.0 Å². The third-order valence-electron chi connectivity index (χ3n) is 5.51. The van der Waals surface area contributed by atoms with Crippen LogP contribution in [0.3, 0.4) is 0 Å². The highest BCUT2D eigenvalue weighted by molar-refractivity contribution is 7.16. The maximum atomic E-state index is 12.9. The van der Waals surface area contributed by atoms with E-state index in [1.165, 1.54) is 20.2 Å². The summed E-state index contributed by atoms with van der Waals surface area (Å²) in [6.07, 6.45) is 4.08. The minimum atomic E-state index is -0.0309. The molecule has 3 aromatic heterocycles. The molecule has 1 unspecified atom stereocenters. The lowest BCUT2D eigenvalue weighted by molar-refractivity contribution is -0.117. The molecule has 0 saturated heterocycles. The van der Waals surface area contributed by atoms with Crippen molar-refractivity contribution in [2.24, 2.45) is 0 Å². The summed E-state index contributed by atoms with van der Waals surface area (Å²) in [5.74, 6) is -0.0309. The van der Waals surface area contributed by atoms with Crippen LogP contribution in [-0.4, -0.2) is 23.9 Å². The smallest absolute Gasteiger partial charge is 0.239 e. The van der Waals surface area contributed by atoms with Crippen LogP contribution in [0.25, 0.3) is 0 Å². The normalized spacial score (nSPS) is 18.5. The number of carbonyl (C=O) groups is 1. The summed E-state index contributed by atoms with van der Waals surface area (Å²) in [7, 11) is 0. The van der Waals surface area contributed by atoms with Crippen LogP contribution in [0.15, 0.2) is 29.0 Å². The van der Waals surface area contributed by atoms with Crippen LogP contribution in [0.4, 0.5) is 5.00 Å². The molecule has 1 atom stereocenters. The highest BCUT2D eigenvalue weighted by Gasteiger charge is 2.32. The average Bonchev–Trinajstić information content (AvgIpc) is 3.45. The maximum Gasteiger partial charge on any atom is 0.239 e. The number of carbonyl (C=O) groups excluding carboxylic acids is 1. The number of rotatable bonds is 4. The van der Waals surface area contributed by atoms with Crippen LogP contribution in [-0.2, 0) is 24.1 Å². The second-order valence-corrected chi connectivity index (χ2v) is 10.2. The molecule has 5 rings (SSSR count). The van der Waals surface area contributed by atoms with E-state index in [1.807, 2.05) is 11.3 Å². The van der Waals surface area contributed by atoms with Gasteiger partial charge < -0.3 is 5.32 Å². The van der Waals surface area contributed by atoms with Crippen molar-refractivity contribution < 1.29 is 4.79 Å². The summed E-state index contributed by atoms with van der Waals surface area (Å²) in [6.45, 7) is 1.21. The molecule has 7 heteroatoms. The average molecular weight is 426 g/mol. The van der Waals surface area contributed by atoms with E-state index in [0.717, 1.165) is 42.8 Å². The number of nitriles is 1. The van der Waals surface area contributed by atoms with Gasteiger partial charge >= 0.3 is 0 Å². The summed E-state index contributed by atoms with van der Waals surface area (Å²) < 4.78 is 0. The number of aryl methyl sites for hydroxylation is 1. The van der Waals surface area contributed by atoms with E-state index in [2.05, 4.69) is 45.2 Å². The molecule has 1 aliphatic heterocycles. The topological polar surface area (TPSA) is 56.1 Å². The molecule has 0 spiro atoms. The number of fused-ring (bicyclic) bond motifs is 2. The fourth-order valence-corrected chi connectivity index (χ4v) is 7.32. The predicted molar refractivity (Wildman–Crippen MR) is 115 cm³/mol. The zero-order valence-corrected chi connectivity index (χ0v) is 17.7. The number of hydrogen-bond acceptors (Lipinski definition) is 6. The van der Waals surface area contributed by atoms with E-state index < -0.39 is 0 Å². The number of nitrogens with zero attached hydrogens (tertiary/aromatic N) is 2. The number of anilines is 1. The van der Waals surface area contributed by atoms with E-state index in [0.29, 0.717) is 12.1 Å². The van der Waals surface area contributed by atoms with E-state index in [-0.39, 0.29) is 11.9 Å². The molecule has 0 radical (unpaired) electrons. The van der Waals surface area contributed by atoms with Gasteiger partial charge in [-0.25, -0.2) is 0 Å². The highest BCUT2D eigenvalue weighted by Crippen LogP contribution is 2.40. The molecule has 1 amide bonds. The lowest BCUT2D eigenvalue weighted by Gasteiger charge is -2.34. The molecule has 0 aromatic carbocycles. The van der Waals surface area contributed by atoms with Gasteiger partial charge in [-0.2, -0.15) is 5.26 Å². The number of nitrogens with one attached hydrogen (secondary N) is 1. The van der Waals surface area contributed by atoms with Gasteiger partial charge in [0, 0.05) is 21.2 Å². The molecule has 4 heterocycles. The van der Waals surface area contributed by atoms with E-state index in [4.69, 9.17) is 0 Å². The van der Waals surface area contributed by atoms with Crippen molar-refractivity contribution >= 4 is 44.9 Å².